The van der Waals surface area contributed by atoms with Crippen molar-refractivity contribution in [1.82, 2.24) is 10.3 Å². The lowest BCUT2D eigenvalue weighted by Gasteiger charge is -2.21. The Hall–Kier alpha value is -1.63. The number of alkyl carbamates (subject to hydrolysis) is 1. The second-order valence-electron chi connectivity index (χ2n) is 7.74. The lowest BCUT2D eigenvalue weighted by molar-refractivity contribution is -0.118. The Labute approximate surface area is 141 Å². The molecule has 1 N–H and O–H groups in total. The van der Waals surface area contributed by atoms with Crippen LogP contribution in [0.3, 0.4) is 0 Å². The molecule has 1 aliphatic rings. The second kappa shape index (κ2) is 6.11. The van der Waals surface area contributed by atoms with Crippen molar-refractivity contribution in [2.75, 3.05) is 11.4 Å². The third-order valence-electron chi connectivity index (χ3n) is 3.39. The number of rotatable bonds is 2. The predicted molar refractivity (Wildman–Crippen MR) is 90.9 cm³/mol. The standard InChI is InChI=1S/C16H25N3O3S/c1-15(2,3)11-9-23-13(18-11)19-8-7-10(12(19)20)17-14(21)22-16(4,5)6/h9-10H,7-8H2,1-6H3,(H,17,21)/t10-/m0/s1. The van der Waals surface area contributed by atoms with E-state index in [1.807, 2.05) is 5.38 Å². The maximum absolute atomic E-state index is 12.5. The molecule has 0 bridgehead atoms. The zero-order valence-corrected chi connectivity index (χ0v) is 15.4. The minimum Gasteiger partial charge on any atom is -0.444 e. The van der Waals surface area contributed by atoms with E-state index in [0.717, 1.165) is 5.69 Å². The molecule has 0 unspecified atom stereocenters. The fourth-order valence-corrected chi connectivity index (χ4v) is 3.27. The van der Waals surface area contributed by atoms with Gasteiger partial charge in [0.2, 0.25) is 0 Å². The van der Waals surface area contributed by atoms with Gasteiger partial charge in [-0.05, 0) is 27.2 Å². The monoisotopic (exact) mass is 339 g/mol. The summed E-state index contributed by atoms with van der Waals surface area (Å²) in [5, 5.41) is 5.32. The van der Waals surface area contributed by atoms with Crippen LogP contribution in [0.1, 0.15) is 53.7 Å². The molecule has 0 aliphatic carbocycles. The predicted octanol–water partition coefficient (Wildman–Crippen LogP) is 3.07. The van der Waals surface area contributed by atoms with E-state index >= 15 is 0 Å². The van der Waals surface area contributed by atoms with Crippen LogP contribution >= 0.6 is 11.3 Å². The molecular formula is C16H25N3O3S. The smallest absolute Gasteiger partial charge is 0.408 e. The molecule has 0 radical (unpaired) electrons. The summed E-state index contributed by atoms with van der Waals surface area (Å²) in [5.74, 6) is -0.134. The highest BCUT2D eigenvalue weighted by Crippen LogP contribution is 2.30. The van der Waals surface area contributed by atoms with Gasteiger partial charge in [-0.2, -0.15) is 0 Å². The van der Waals surface area contributed by atoms with Crippen molar-refractivity contribution in [2.45, 2.75) is 65.0 Å². The third kappa shape index (κ3) is 4.43. The molecule has 23 heavy (non-hydrogen) atoms. The Bertz CT molecular complexity index is 598. The number of amides is 2. The third-order valence-corrected chi connectivity index (χ3v) is 4.25. The molecule has 2 rings (SSSR count). The first-order valence-electron chi connectivity index (χ1n) is 7.74. The van der Waals surface area contributed by atoms with Crippen LogP contribution in [0.15, 0.2) is 5.38 Å². The highest BCUT2D eigenvalue weighted by Gasteiger charge is 2.36. The average molecular weight is 339 g/mol. The SMILES string of the molecule is CC(C)(C)OC(=O)N[C@H]1CCN(c2nc(C(C)(C)C)cs2)C1=O. The Morgan fingerprint density at radius 2 is 2.00 bits per heavy atom. The van der Waals surface area contributed by atoms with E-state index in [0.29, 0.717) is 18.1 Å². The summed E-state index contributed by atoms with van der Waals surface area (Å²) in [7, 11) is 0. The molecule has 2 amide bonds. The zero-order chi connectivity index (χ0) is 17.4. The average Bonchev–Trinajstić information content (AvgIpc) is 2.94. The Morgan fingerprint density at radius 3 is 2.52 bits per heavy atom. The molecule has 1 aliphatic heterocycles. The molecule has 1 atom stereocenters. The zero-order valence-electron chi connectivity index (χ0n) is 14.6. The van der Waals surface area contributed by atoms with E-state index in [1.54, 1.807) is 25.7 Å². The Kier molecular flexibility index (Phi) is 4.71. The first-order valence-corrected chi connectivity index (χ1v) is 8.62. The molecular weight excluding hydrogens is 314 g/mol. The summed E-state index contributed by atoms with van der Waals surface area (Å²) in [5.41, 5.74) is 0.336. The fraction of sp³-hybridized carbons (Fsp3) is 0.688. The van der Waals surface area contributed by atoms with Gasteiger partial charge in [-0.1, -0.05) is 20.8 Å². The van der Waals surface area contributed by atoms with Gasteiger partial charge in [-0.25, -0.2) is 9.78 Å². The topological polar surface area (TPSA) is 71.5 Å². The van der Waals surface area contributed by atoms with Crippen molar-refractivity contribution in [1.29, 1.82) is 0 Å². The van der Waals surface area contributed by atoms with E-state index in [9.17, 15) is 9.59 Å². The van der Waals surface area contributed by atoms with Crippen molar-refractivity contribution in [3.05, 3.63) is 11.1 Å². The lowest BCUT2D eigenvalue weighted by Crippen LogP contribution is -2.43. The van der Waals surface area contributed by atoms with Crippen LogP contribution < -0.4 is 10.2 Å². The normalized spacial score (nSPS) is 19.1. The van der Waals surface area contributed by atoms with Gasteiger partial charge in [0, 0.05) is 17.3 Å². The minimum atomic E-state index is -0.581. The van der Waals surface area contributed by atoms with Crippen molar-refractivity contribution in [3.8, 4) is 0 Å². The molecule has 0 spiro atoms. The molecule has 1 aromatic rings. The number of aromatic nitrogens is 1. The summed E-state index contributed by atoms with van der Waals surface area (Å²) < 4.78 is 5.20. The second-order valence-corrected chi connectivity index (χ2v) is 8.58. The maximum atomic E-state index is 12.5. The number of hydrogen-bond donors (Lipinski definition) is 1. The van der Waals surface area contributed by atoms with Crippen LogP contribution in [-0.2, 0) is 14.9 Å². The van der Waals surface area contributed by atoms with Crippen molar-refractivity contribution >= 4 is 28.5 Å². The molecule has 1 saturated heterocycles. The Morgan fingerprint density at radius 1 is 1.35 bits per heavy atom. The summed E-state index contributed by atoms with van der Waals surface area (Å²) in [6.45, 7) is 12.2. The van der Waals surface area contributed by atoms with E-state index in [1.165, 1.54) is 11.3 Å². The number of ether oxygens (including phenoxy) is 1. The quantitative estimate of drug-likeness (QED) is 0.899. The van der Waals surface area contributed by atoms with Gasteiger partial charge in [0.05, 0.1) is 5.69 Å². The summed E-state index contributed by atoms with van der Waals surface area (Å²) >= 11 is 1.46. The molecule has 1 fully saturated rings. The molecule has 0 aromatic carbocycles. The maximum Gasteiger partial charge on any atom is 0.408 e. The summed E-state index contributed by atoms with van der Waals surface area (Å²) in [6.07, 6.45) is -0.00472. The number of carbonyl (C=O) groups is 2. The molecule has 7 heteroatoms. The van der Waals surface area contributed by atoms with Gasteiger partial charge in [-0.3, -0.25) is 9.69 Å². The van der Waals surface area contributed by atoms with Gasteiger partial charge >= 0.3 is 6.09 Å². The highest BCUT2D eigenvalue weighted by molar-refractivity contribution is 7.14. The van der Waals surface area contributed by atoms with Gasteiger partial charge in [-0.15, -0.1) is 11.3 Å². The summed E-state index contributed by atoms with van der Waals surface area (Å²) in [6, 6.07) is -0.549. The number of anilines is 1. The first-order chi connectivity index (χ1) is 10.5. The van der Waals surface area contributed by atoms with Crippen LogP contribution in [0.4, 0.5) is 9.93 Å². The van der Waals surface area contributed by atoms with Gasteiger partial charge in [0.1, 0.15) is 11.6 Å². The van der Waals surface area contributed by atoms with Crippen molar-refractivity contribution < 1.29 is 14.3 Å². The largest absolute Gasteiger partial charge is 0.444 e. The molecule has 0 saturated carbocycles. The van der Waals surface area contributed by atoms with Gasteiger partial charge in [0.25, 0.3) is 5.91 Å². The molecule has 6 nitrogen and oxygen atoms in total. The molecule has 1 aromatic heterocycles. The van der Waals surface area contributed by atoms with E-state index in [4.69, 9.17) is 4.74 Å². The van der Waals surface area contributed by atoms with Crippen LogP contribution in [-0.4, -0.2) is 35.2 Å². The van der Waals surface area contributed by atoms with Crippen LogP contribution in [0.25, 0.3) is 0 Å². The fourth-order valence-electron chi connectivity index (χ4n) is 2.19. The van der Waals surface area contributed by atoms with Gasteiger partial charge < -0.3 is 10.1 Å². The number of nitrogens with zero attached hydrogens (tertiary/aromatic N) is 2. The van der Waals surface area contributed by atoms with Crippen LogP contribution in [0.2, 0.25) is 0 Å². The Balaban J connectivity index is 2.02. The first kappa shape index (κ1) is 17.7. The number of thiazole rings is 1. The van der Waals surface area contributed by atoms with Gasteiger partial charge in [0.15, 0.2) is 5.13 Å². The van der Waals surface area contributed by atoms with Crippen molar-refractivity contribution in [2.24, 2.45) is 0 Å². The number of nitrogens with one attached hydrogen (secondary N) is 1. The van der Waals surface area contributed by atoms with Crippen LogP contribution in [0.5, 0.6) is 0 Å². The summed E-state index contributed by atoms with van der Waals surface area (Å²) in [4.78, 5) is 30.5. The van der Waals surface area contributed by atoms with E-state index in [2.05, 4.69) is 31.1 Å². The van der Waals surface area contributed by atoms with Crippen molar-refractivity contribution in [3.63, 3.8) is 0 Å². The van der Waals surface area contributed by atoms with E-state index in [-0.39, 0.29) is 11.3 Å². The van der Waals surface area contributed by atoms with E-state index < -0.39 is 17.7 Å². The lowest BCUT2D eigenvalue weighted by atomic mass is 9.93. The number of carbonyl (C=O) groups excluding carboxylic acids is 2. The molecule has 2 heterocycles. The number of hydrogen-bond acceptors (Lipinski definition) is 5. The van der Waals surface area contributed by atoms with Crippen LogP contribution in [0, 0.1) is 0 Å². The molecule has 128 valence electrons. The minimum absolute atomic E-state index is 0.0499. The highest BCUT2D eigenvalue weighted by atomic mass is 32.1.